The van der Waals surface area contributed by atoms with E-state index in [2.05, 4.69) is 19.9 Å². The van der Waals surface area contributed by atoms with E-state index in [0.717, 1.165) is 0 Å². The van der Waals surface area contributed by atoms with Crippen LogP contribution in [0, 0.1) is 0 Å². The van der Waals surface area contributed by atoms with Gasteiger partial charge in [-0.05, 0) is 0 Å². The molecule has 0 amide bonds. The zero-order valence-electron chi connectivity index (χ0n) is 5.42. The number of carbonyl (C=O) groups excluding carboxylic acids is 4. The molecule has 8 nitrogen and oxygen atoms in total. The number of aldehydes is 2. The Balaban J connectivity index is 3.32. The van der Waals surface area contributed by atoms with E-state index >= 15 is 0 Å². The van der Waals surface area contributed by atoms with Crippen LogP contribution in [0.4, 0.5) is 0 Å². The normalized spacial score (nSPS) is 8.33. The summed E-state index contributed by atoms with van der Waals surface area (Å²) in [7, 11) is 0. The van der Waals surface area contributed by atoms with Gasteiger partial charge in [0.1, 0.15) is 0 Å². The molecule has 0 aliphatic carbocycles. The van der Waals surface area contributed by atoms with Crippen LogP contribution < -0.4 is 0 Å². The molecule has 0 bridgehead atoms. The third-order valence-corrected chi connectivity index (χ3v) is 0.453. The van der Waals surface area contributed by atoms with Crippen molar-refractivity contribution in [3.63, 3.8) is 0 Å². The molecule has 0 aromatic carbocycles. The van der Waals surface area contributed by atoms with E-state index in [9.17, 15) is 19.2 Å². The zero-order valence-corrected chi connectivity index (χ0v) is 5.42. The molecule has 0 radical (unpaired) electrons. The highest BCUT2D eigenvalue weighted by Gasteiger charge is 2.04. The predicted octanol–water partition coefficient (Wildman–Crippen LogP) is -1.75. The van der Waals surface area contributed by atoms with Gasteiger partial charge in [0, 0.05) is 10.1 Å². The molecule has 0 atom stereocenters. The Bertz CT molecular complexity index is 173. The molecule has 0 unspecified atom stereocenters. The third kappa shape index (κ3) is 5.02. The molecule has 0 heterocycles. The summed E-state index contributed by atoms with van der Waals surface area (Å²) in [5.74, 6) is -2.78. The van der Waals surface area contributed by atoms with Crippen molar-refractivity contribution in [3.05, 3.63) is 0 Å². The van der Waals surface area contributed by atoms with Crippen LogP contribution in [0.25, 0.3) is 0 Å². The average molecular weight is 178 g/mol. The maximum Gasteiger partial charge on any atom is 0.408 e. The van der Waals surface area contributed by atoms with Gasteiger partial charge in [0.25, 0.3) is 0 Å². The third-order valence-electron chi connectivity index (χ3n) is 0.453. The Morgan fingerprint density at radius 2 is 1.17 bits per heavy atom. The van der Waals surface area contributed by atoms with Crippen molar-refractivity contribution in [2.75, 3.05) is 0 Å². The van der Waals surface area contributed by atoms with Gasteiger partial charge < -0.3 is 0 Å². The molecule has 0 aliphatic rings. The quantitative estimate of drug-likeness (QED) is 0.160. The van der Waals surface area contributed by atoms with Crippen molar-refractivity contribution in [1.29, 1.82) is 0 Å². The first-order valence-corrected chi connectivity index (χ1v) is 2.37. The van der Waals surface area contributed by atoms with Gasteiger partial charge >= 0.3 is 11.9 Å². The summed E-state index contributed by atoms with van der Waals surface area (Å²) in [5, 5.41) is 6.75. The lowest BCUT2D eigenvalue weighted by atomic mass is 10.8. The summed E-state index contributed by atoms with van der Waals surface area (Å²) >= 11 is 0. The van der Waals surface area contributed by atoms with Gasteiger partial charge in [0.2, 0.25) is 12.6 Å². The van der Waals surface area contributed by atoms with Gasteiger partial charge in [-0.1, -0.05) is 0 Å². The fraction of sp³-hybridized carbons (Fsp3) is 0. The fourth-order valence-electron chi connectivity index (χ4n) is 0.134. The topological polar surface area (TPSA) is 105 Å². The van der Waals surface area contributed by atoms with Crippen molar-refractivity contribution in [2.45, 2.75) is 0 Å². The van der Waals surface area contributed by atoms with E-state index in [1.807, 2.05) is 0 Å². The van der Waals surface area contributed by atoms with Crippen LogP contribution in [-0.4, -0.2) is 24.5 Å². The molecular weight excluding hydrogens is 176 g/mol. The monoisotopic (exact) mass is 178 g/mol. The first-order valence-electron chi connectivity index (χ1n) is 2.37. The second-order valence-corrected chi connectivity index (χ2v) is 1.18. The molecular formula is C4H2O8. The van der Waals surface area contributed by atoms with Crippen LogP contribution in [0.15, 0.2) is 0 Å². The zero-order chi connectivity index (χ0) is 9.40. The van der Waals surface area contributed by atoms with E-state index in [1.165, 1.54) is 0 Å². The minimum atomic E-state index is -1.39. The van der Waals surface area contributed by atoms with E-state index in [-0.39, 0.29) is 12.6 Å². The fourth-order valence-corrected chi connectivity index (χ4v) is 0.134. The summed E-state index contributed by atoms with van der Waals surface area (Å²) in [5.41, 5.74) is 0. The molecule has 66 valence electrons. The second-order valence-electron chi connectivity index (χ2n) is 1.18. The molecule has 0 saturated carbocycles. The van der Waals surface area contributed by atoms with Gasteiger partial charge in [-0.2, -0.15) is 0 Å². The minimum absolute atomic E-state index is 0.217. The SMILES string of the molecule is O=CC(=O)OOOOC(=O)C=O. The van der Waals surface area contributed by atoms with Crippen molar-refractivity contribution < 1.29 is 39.0 Å². The average Bonchev–Trinajstić information content (AvgIpc) is 2.11. The summed E-state index contributed by atoms with van der Waals surface area (Å²) in [6, 6.07) is 0. The number of hydrogen-bond acceptors (Lipinski definition) is 8. The highest BCUT2D eigenvalue weighted by molar-refractivity contribution is 6.20. The Kier molecular flexibility index (Phi) is 5.05. The van der Waals surface area contributed by atoms with Gasteiger partial charge in [-0.25, -0.2) is 9.59 Å². The van der Waals surface area contributed by atoms with Crippen molar-refractivity contribution in [1.82, 2.24) is 0 Å². The summed E-state index contributed by atoms with van der Waals surface area (Å²) in [4.78, 5) is 45.8. The summed E-state index contributed by atoms with van der Waals surface area (Å²) < 4.78 is 0. The van der Waals surface area contributed by atoms with Crippen LogP contribution >= 0.6 is 0 Å². The smallest absolute Gasteiger partial charge is 0.290 e. The predicted molar refractivity (Wildman–Crippen MR) is 26.5 cm³/mol. The maximum absolute atomic E-state index is 9.92. The Morgan fingerprint density at radius 1 is 0.833 bits per heavy atom. The minimum Gasteiger partial charge on any atom is -0.290 e. The maximum atomic E-state index is 9.92. The van der Waals surface area contributed by atoms with Crippen molar-refractivity contribution in [3.8, 4) is 0 Å². The number of hydrogen-bond donors (Lipinski definition) is 0. The number of carbonyl (C=O) groups is 4. The molecule has 8 heteroatoms. The van der Waals surface area contributed by atoms with Crippen LogP contribution in [-0.2, 0) is 39.0 Å². The van der Waals surface area contributed by atoms with Gasteiger partial charge in [0.05, 0.1) is 0 Å². The Labute approximate surface area is 64.7 Å². The summed E-state index contributed by atoms with van der Waals surface area (Å²) in [6.45, 7) is 0. The highest BCUT2D eigenvalue weighted by atomic mass is 17.7. The Morgan fingerprint density at radius 3 is 1.42 bits per heavy atom. The Hall–Kier alpha value is -1.80. The van der Waals surface area contributed by atoms with E-state index in [0.29, 0.717) is 0 Å². The van der Waals surface area contributed by atoms with Crippen LogP contribution in [0.1, 0.15) is 0 Å². The van der Waals surface area contributed by atoms with Crippen LogP contribution in [0.5, 0.6) is 0 Å². The van der Waals surface area contributed by atoms with Gasteiger partial charge in [-0.3, -0.25) is 19.4 Å². The molecule has 0 spiro atoms. The van der Waals surface area contributed by atoms with Crippen LogP contribution in [0.2, 0.25) is 0 Å². The molecule has 0 saturated heterocycles. The second kappa shape index (κ2) is 5.95. The molecule has 0 rings (SSSR count). The lowest BCUT2D eigenvalue weighted by molar-refractivity contribution is -0.597. The standard InChI is InChI=1S/C4H2O8/c5-1-3(7)9-11-12-10-4(8)2-6/h1-2H. The number of rotatable bonds is 5. The molecule has 0 fully saturated rings. The highest BCUT2D eigenvalue weighted by Crippen LogP contribution is 1.83. The van der Waals surface area contributed by atoms with Crippen molar-refractivity contribution >= 4 is 24.5 Å². The van der Waals surface area contributed by atoms with E-state index in [4.69, 9.17) is 0 Å². The molecule has 0 aromatic heterocycles. The molecule has 12 heavy (non-hydrogen) atoms. The first kappa shape index (κ1) is 10.2. The first-order chi connectivity index (χ1) is 5.70. The van der Waals surface area contributed by atoms with Gasteiger partial charge in [0.15, 0.2) is 0 Å². The van der Waals surface area contributed by atoms with Crippen molar-refractivity contribution in [2.24, 2.45) is 0 Å². The summed E-state index contributed by atoms with van der Waals surface area (Å²) in [6.07, 6.45) is -0.435. The molecule has 0 aromatic rings. The largest absolute Gasteiger partial charge is 0.408 e. The molecule has 0 N–H and O–H groups in total. The van der Waals surface area contributed by atoms with E-state index < -0.39 is 11.9 Å². The lowest BCUT2D eigenvalue weighted by Gasteiger charge is -1.94. The lowest BCUT2D eigenvalue weighted by Crippen LogP contribution is -2.10. The van der Waals surface area contributed by atoms with Crippen LogP contribution in [0.3, 0.4) is 0 Å². The van der Waals surface area contributed by atoms with E-state index in [1.54, 1.807) is 0 Å². The molecule has 0 aliphatic heterocycles. The van der Waals surface area contributed by atoms with Gasteiger partial charge in [-0.15, -0.1) is 0 Å².